The van der Waals surface area contributed by atoms with Crippen LogP contribution in [0, 0.1) is 5.41 Å². The average molecular weight is 256 g/mol. The van der Waals surface area contributed by atoms with Gasteiger partial charge in [-0.3, -0.25) is 0 Å². The van der Waals surface area contributed by atoms with E-state index in [0.29, 0.717) is 17.6 Å². The molecule has 108 valence electrons. The molecule has 2 N–H and O–H groups in total. The van der Waals surface area contributed by atoms with E-state index >= 15 is 0 Å². The van der Waals surface area contributed by atoms with Gasteiger partial charge in [0.25, 0.3) is 0 Å². The predicted octanol–water partition coefficient (Wildman–Crippen LogP) is 2.64. The van der Waals surface area contributed by atoms with Gasteiger partial charge in [0.2, 0.25) is 0 Å². The second-order valence-corrected chi connectivity index (χ2v) is 6.84. The van der Waals surface area contributed by atoms with Gasteiger partial charge < -0.3 is 15.4 Å². The maximum absolute atomic E-state index is 6.21. The summed E-state index contributed by atoms with van der Waals surface area (Å²) in [5, 5.41) is 0. The first-order valence-electron chi connectivity index (χ1n) is 7.50. The topological polar surface area (TPSA) is 38.5 Å². The molecule has 0 amide bonds. The molecular formula is C15H32N2O. The fourth-order valence-electron chi connectivity index (χ4n) is 2.69. The largest absolute Gasteiger partial charge is 0.377 e. The summed E-state index contributed by atoms with van der Waals surface area (Å²) in [6.45, 7) is 13.2. The Labute approximate surface area is 113 Å². The van der Waals surface area contributed by atoms with Gasteiger partial charge in [0.1, 0.15) is 0 Å². The van der Waals surface area contributed by atoms with Gasteiger partial charge in [-0.05, 0) is 44.2 Å². The fraction of sp³-hybridized carbons (Fsp3) is 1.00. The van der Waals surface area contributed by atoms with Crippen molar-refractivity contribution in [1.82, 2.24) is 4.90 Å². The molecule has 2 unspecified atom stereocenters. The van der Waals surface area contributed by atoms with Gasteiger partial charge in [0, 0.05) is 19.2 Å². The van der Waals surface area contributed by atoms with Crippen molar-refractivity contribution in [2.24, 2.45) is 11.1 Å². The van der Waals surface area contributed by atoms with Crippen LogP contribution in [-0.4, -0.2) is 43.3 Å². The third-order valence-corrected chi connectivity index (χ3v) is 3.62. The second kappa shape index (κ2) is 7.46. The van der Waals surface area contributed by atoms with Crippen LogP contribution in [0.4, 0.5) is 0 Å². The van der Waals surface area contributed by atoms with Crippen molar-refractivity contribution in [1.29, 1.82) is 0 Å². The highest BCUT2D eigenvalue weighted by atomic mass is 16.5. The summed E-state index contributed by atoms with van der Waals surface area (Å²) in [6.07, 6.45) is 5.11. The molecule has 1 rings (SSSR count). The van der Waals surface area contributed by atoms with E-state index in [2.05, 4.69) is 32.6 Å². The highest BCUT2D eigenvalue weighted by Gasteiger charge is 2.20. The Morgan fingerprint density at radius 3 is 2.61 bits per heavy atom. The summed E-state index contributed by atoms with van der Waals surface area (Å²) in [5.74, 6) is 0. The van der Waals surface area contributed by atoms with E-state index in [1.807, 2.05) is 0 Å². The molecule has 0 bridgehead atoms. The van der Waals surface area contributed by atoms with E-state index in [1.54, 1.807) is 0 Å². The highest BCUT2D eigenvalue weighted by Crippen LogP contribution is 2.21. The smallest absolute Gasteiger partial charge is 0.0702 e. The van der Waals surface area contributed by atoms with Crippen molar-refractivity contribution in [3.8, 4) is 0 Å². The van der Waals surface area contributed by atoms with Crippen LogP contribution in [0.2, 0.25) is 0 Å². The lowest BCUT2D eigenvalue weighted by molar-refractivity contribution is 0.0734. The van der Waals surface area contributed by atoms with Crippen LogP contribution >= 0.6 is 0 Å². The number of nitrogens with zero attached hydrogens (tertiary/aromatic N) is 1. The van der Waals surface area contributed by atoms with Crippen LogP contribution < -0.4 is 5.73 Å². The Balaban J connectivity index is 2.21. The third-order valence-electron chi connectivity index (χ3n) is 3.62. The fourth-order valence-corrected chi connectivity index (χ4v) is 2.69. The number of rotatable bonds is 7. The lowest BCUT2D eigenvalue weighted by Crippen LogP contribution is -2.36. The van der Waals surface area contributed by atoms with Crippen LogP contribution in [-0.2, 0) is 4.74 Å². The Morgan fingerprint density at radius 2 is 2.11 bits per heavy atom. The summed E-state index contributed by atoms with van der Waals surface area (Å²) in [6, 6.07) is 0.323. The lowest BCUT2D eigenvalue weighted by Gasteiger charge is -2.27. The molecule has 18 heavy (non-hydrogen) atoms. The van der Waals surface area contributed by atoms with Crippen LogP contribution in [0.3, 0.4) is 0 Å². The van der Waals surface area contributed by atoms with Crippen molar-refractivity contribution in [3.63, 3.8) is 0 Å². The van der Waals surface area contributed by atoms with E-state index in [4.69, 9.17) is 10.5 Å². The molecule has 0 saturated carbocycles. The van der Waals surface area contributed by atoms with Crippen molar-refractivity contribution in [3.05, 3.63) is 0 Å². The standard InChI is InChI=1S/C15H32N2O/c1-5-17(12-14-7-6-10-18-14)9-8-13(16)11-15(2,3)4/h13-14H,5-12,16H2,1-4H3. The normalized spacial score (nSPS) is 22.7. The summed E-state index contributed by atoms with van der Waals surface area (Å²) < 4.78 is 5.70. The van der Waals surface area contributed by atoms with Crippen LogP contribution in [0.1, 0.15) is 53.4 Å². The molecule has 0 aromatic heterocycles. The molecular weight excluding hydrogens is 224 g/mol. The van der Waals surface area contributed by atoms with E-state index in [-0.39, 0.29) is 0 Å². The summed E-state index contributed by atoms with van der Waals surface area (Å²) >= 11 is 0. The number of nitrogens with two attached hydrogens (primary N) is 1. The molecule has 1 saturated heterocycles. The second-order valence-electron chi connectivity index (χ2n) is 6.84. The Bertz CT molecular complexity index is 219. The third kappa shape index (κ3) is 6.72. The maximum Gasteiger partial charge on any atom is 0.0702 e. The maximum atomic E-state index is 6.21. The SMILES string of the molecule is CCN(CCC(N)CC(C)(C)C)CC1CCCO1. The minimum atomic E-state index is 0.323. The predicted molar refractivity (Wildman–Crippen MR) is 77.8 cm³/mol. The summed E-state index contributed by atoms with van der Waals surface area (Å²) in [5.41, 5.74) is 6.55. The molecule has 0 aromatic carbocycles. The Hall–Kier alpha value is -0.120. The summed E-state index contributed by atoms with van der Waals surface area (Å²) in [4.78, 5) is 2.48. The van der Waals surface area contributed by atoms with Crippen molar-refractivity contribution < 1.29 is 4.74 Å². The number of hydrogen-bond acceptors (Lipinski definition) is 3. The lowest BCUT2D eigenvalue weighted by atomic mass is 9.87. The van der Waals surface area contributed by atoms with Gasteiger partial charge in [0.15, 0.2) is 0 Å². The van der Waals surface area contributed by atoms with Gasteiger partial charge >= 0.3 is 0 Å². The molecule has 0 aromatic rings. The molecule has 1 aliphatic heterocycles. The number of likely N-dealkylation sites (N-methyl/N-ethyl adjacent to an activating group) is 1. The van der Waals surface area contributed by atoms with E-state index < -0.39 is 0 Å². The highest BCUT2D eigenvalue weighted by molar-refractivity contribution is 4.75. The van der Waals surface area contributed by atoms with Gasteiger partial charge in [-0.1, -0.05) is 27.7 Å². The van der Waals surface area contributed by atoms with Crippen LogP contribution in [0.15, 0.2) is 0 Å². The number of ether oxygens (including phenoxy) is 1. The molecule has 1 heterocycles. The van der Waals surface area contributed by atoms with Crippen molar-refractivity contribution in [2.75, 3.05) is 26.2 Å². The first-order valence-corrected chi connectivity index (χ1v) is 7.50. The number of hydrogen-bond donors (Lipinski definition) is 1. The molecule has 1 fully saturated rings. The Kier molecular flexibility index (Phi) is 6.61. The van der Waals surface area contributed by atoms with Gasteiger partial charge in [0.05, 0.1) is 6.10 Å². The zero-order valence-corrected chi connectivity index (χ0v) is 12.7. The molecule has 0 aliphatic carbocycles. The molecule has 2 atom stereocenters. The van der Waals surface area contributed by atoms with Crippen molar-refractivity contribution in [2.45, 2.75) is 65.5 Å². The van der Waals surface area contributed by atoms with E-state index in [1.165, 1.54) is 12.8 Å². The average Bonchev–Trinajstić information content (AvgIpc) is 2.74. The molecule has 0 radical (unpaired) electrons. The Morgan fingerprint density at radius 1 is 1.39 bits per heavy atom. The first-order chi connectivity index (χ1) is 8.40. The van der Waals surface area contributed by atoms with E-state index in [9.17, 15) is 0 Å². The minimum absolute atomic E-state index is 0.323. The van der Waals surface area contributed by atoms with Crippen LogP contribution in [0.25, 0.3) is 0 Å². The monoisotopic (exact) mass is 256 g/mol. The van der Waals surface area contributed by atoms with Gasteiger partial charge in [-0.2, -0.15) is 0 Å². The van der Waals surface area contributed by atoms with Crippen LogP contribution in [0.5, 0.6) is 0 Å². The molecule has 3 nitrogen and oxygen atoms in total. The first kappa shape index (κ1) is 15.9. The zero-order valence-electron chi connectivity index (χ0n) is 12.7. The quantitative estimate of drug-likeness (QED) is 0.761. The molecule has 3 heteroatoms. The molecule has 0 spiro atoms. The summed E-state index contributed by atoms with van der Waals surface area (Å²) in [7, 11) is 0. The minimum Gasteiger partial charge on any atom is -0.377 e. The zero-order chi connectivity index (χ0) is 13.6. The van der Waals surface area contributed by atoms with Gasteiger partial charge in [-0.15, -0.1) is 0 Å². The molecule has 1 aliphatic rings. The van der Waals surface area contributed by atoms with Gasteiger partial charge in [-0.25, -0.2) is 0 Å². The van der Waals surface area contributed by atoms with E-state index in [0.717, 1.165) is 39.1 Å². The van der Waals surface area contributed by atoms with Crippen molar-refractivity contribution >= 4 is 0 Å².